The fourth-order valence-corrected chi connectivity index (χ4v) is 1.47. The van der Waals surface area contributed by atoms with Crippen molar-refractivity contribution < 1.29 is 9.13 Å². The van der Waals surface area contributed by atoms with Crippen LogP contribution in [0.5, 0.6) is 11.6 Å². The van der Waals surface area contributed by atoms with E-state index in [-0.39, 0.29) is 5.82 Å². The summed E-state index contributed by atoms with van der Waals surface area (Å²) in [6, 6.07) is 11.4. The molecule has 18 heavy (non-hydrogen) atoms. The second-order valence-corrected chi connectivity index (χ2v) is 3.85. The third kappa shape index (κ3) is 3.45. The molecule has 0 aliphatic rings. The van der Waals surface area contributed by atoms with Gasteiger partial charge in [-0.3, -0.25) is 0 Å². The average Bonchev–Trinajstić information content (AvgIpc) is 2.37. The Kier molecular flexibility index (Phi) is 4.12. The summed E-state index contributed by atoms with van der Waals surface area (Å²) in [4.78, 5) is 4.28. The molecule has 0 saturated carbocycles. The normalized spacial score (nSPS) is 10.1. The van der Waals surface area contributed by atoms with Gasteiger partial charge in [0.1, 0.15) is 17.4 Å². The highest BCUT2D eigenvalue weighted by Crippen LogP contribution is 2.21. The van der Waals surface area contributed by atoms with Crippen molar-refractivity contribution in [2.75, 3.05) is 11.9 Å². The van der Waals surface area contributed by atoms with Crippen molar-refractivity contribution in [3.63, 3.8) is 0 Å². The number of ether oxygens (including phenoxy) is 1. The Labute approximate surface area is 106 Å². The van der Waals surface area contributed by atoms with E-state index < -0.39 is 0 Å². The van der Waals surface area contributed by atoms with E-state index in [2.05, 4.69) is 17.2 Å². The van der Waals surface area contributed by atoms with Crippen LogP contribution >= 0.6 is 0 Å². The maximum absolute atomic E-state index is 13.0. The Balaban J connectivity index is 2.09. The van der Waals surface area contributed by atoms with Crippen molar-refractivity contribution in [2.45, 2.75) is 13.3 Å². The summed E-state index contributed by atoms with van der Waals surface area (Å²) in [5, 5.41) is 3.17. The molecule has 1 aromatic heterocycles. The first-order valence-electron chi connectivity index (χ1n) is 5.92. The molecular formula is C14H15FN2O. The van der Waals surface area contributed by atoms with Crippen molar-refractivity contribution in [1.82, 2.24) is 4.98 Å². The topological polar surface area (TPSA) is 34.1 Å². The van der Waals surface area contributed by atoms with E-state index in [4.69, 9.17) is 4.74 Å². The van der Waals surface area contributed by atoms with Gasteiger partial charge in [0.15, 0.2) is 0 Å². The predicted molar refractivity (Wildman–Crippen MR) is 69.5 cm³/mol. The predicted octanol–water partition coefficient (Wildman–Crippen LogP) is 3.83. The molecule has 2 aromatic rings. The monoisotopic (exact) mass is 246 g/mol. The molecule has 3 nitrogen and oxygen atoms in total. The van der Waals surface area contributed by atoms with Crippen LogP contribution in [0.2, 0.25) is 0 Å². The molecule has 0 saturated heterocycles. The van der Waals surface area contributed by atoms with E-state index in [1.807, 2.05) is 12.1 Å². The Hall–Kier alpha value is -2.10. The number of pyridine rings is 1. The lowest BCUT2D eigenvalue weighted by atomic mass is 10.3. The molecule has 0 amide bonds. The average molecular weight is 246 g/mol. The minimum atomic E-state index is -0.326. The van der Waals surface area contributed by atoms with Gasteiger partial charge in [-0.25, -0.2) is 4.39 Å². The molecule has 94 valence electrons. The van der Waals surface area contributed by atoms with Crippen LogP contribution in [0.3, 0.4) is 0 Å². The smallest absolute Gasteiger partial charge is 0.221 e. The summed E-state index contributed by atoms with van der Waals surface area (Å²) in [5.41, 5.74) is 0. The van der Waals surface area contributed by atoms with E-state index >= 15 is 0 Å². The highest BCUT2D eigenvalue weighted by Gasteiger charge is 2.01. The van der Waals surface area contributed by atoms with Gasteiger partial charge in [0.05, 0.1) is 0 Å². The number of anilines is 1. The number of nitrogens with one attached hydrogen (secondary N) is 1. The van der Waals surface area contributed by atoms with Crippen molar-refractivity contribution in [2.24, 2.45) is 0 Å². The fourth-order valence-electron chi connectivity index (χ4n) is 1.47. The lowest BCUT2D eigenvalue weighted by Crippen LogP contribution is -2.02. The summed E-state index contributed by atoms with van der Waals surface area (Å²) < 4.78 is 18.5. The number of benzene rings is 1. The SMILES string of the molecule is CCCNc1cccc(Oc2cccc(F)c2)n1. The minimum Gasteiger partial charge on any atom is -0.439 e. The zero-order chi connectivity index (χ0) is 12.8. The summed E-state index contributed by atoms with van der Waals surface area (Å²) >= 11 is 0. The maximum Gasteiger partial charge on any atom is 0.221 e. The van der Waals surface area contributed by atoms with Gasteiger partial charge in [0, 0.05) is 18.7 Å². The number of hydrogen-bond donors (Lipinski definition) is 1. The summed E-state index contributed by atoms with van der Waals surface area (Å²) in [7, 11) is 0. The van der Waals surface area contributed by atoms with Crippen LogP contribution in [0.4, 0.5) is 10.2 Å². The van der Waals surface area contributed by atoms with Gasteiger partial charge < -0.3 is 10.1 Å². The molecule has 0 atom stereocenters. The third-order valence-corrected chi connectivity index (χ3v) is 2.30. The number of aromatic nitrogens is 1. The molecular weight excluding hydrogens is 231 g/mol. The fraction of sp³-hybridized carbons (Fsp3) is 0.214. The highest BCUT2D eigenvalue weighted by molar-refractivity contribution is 5.38. The van der Waals surface area contributed by atoms with Crippen LogP contribution in [0.25, 0.3) is 0 Å². The number of rotatable bonds is 5. The molecule has 1 heterocycles. The Morgan fingerprint density at radius 2 is 2.06 bits per heavy atom. The molecule has 0 spiro atoms. The lowest BCUT2D eigenvalue weighted by molar-refractivity contribution is 0.459. The van der Waals surface area contributed by atoms with Crippen LogP contribution in [-0.4, -0.2) is 11.5 Å². The standard InChI is InChI=1S/C14H15FN2O/c1-2-9-16-13-7-4-8-14(17-13)18-12-6-3-5-11(15)10-12/h3-8,10H,2,9H2,1H3,(H,16,17). The molecule has 0 aliphatic heterocycles. The molecule has 1 aromatic carbocycles. The Morgan fingerprint density at radius 1 is 1.22 bits per heavy atom. The largest absolute Gasteiger partial charge is 0.439 e. The zero-order valence-corrected chi connectivity index (χ0v) is 10.2. The second-order valence-electron chi connectivity index (χ2n) is 3.85. The van der Waals surface area contributed by atoms with Crippen molar-refractivity contribution in [1.29, 1.82) is 0 Å². The number of halogens is 1. The van der Waals surface area contributed by atoms with Crippen LogP contribution in [-0.2, 0) is 0 Å². The van der Waals surface area contributed by atoms with Gasteiger partial charge in [-0.15, -0.1) is 0 Å². The lowest BCUT2D eigenvalue weighted by Gasteiger charge is -2.07. The molecule has 1 N–H and O–H groups in total. The molecule has 0 bridgehead atoms. The van der Waals surface area contributed by atoms with Gasteiger partial charge in [0.2, 0.25) is 5.88 Å². The van der Waals surface area contributed by atoms with Crippen molar-refractivity contribution in [3.8, 4) is 11.6 Å². The number of nitrogens with zero attached hydrogens (tertiary/aromatic N) is 1. The number of hydrogen-bond acceptors (Lipinski definition) is 3. The molecule has 0 radical (unpaired) electrons. The maximum atomic E-state index is 13.0. The second kappa shape index (κ2) is 6.00. The van der Waals surface area contributed by atoms with Gasteiger partial charge in [-0.05, 0) is 24.6 Å². The molecule has 0 unspecified atom stereocenters. The van der Waals surface area contributed by atoms with Crippen LogP contribution < -0.4 is 10.1 Å². The summed E-state index contributed by atoms with van der Waals surface area (Å²) in [5.74, 6) is 1.32. The first-order valence-corrected chi connectivity index (χ1v) is 5.92. The first kappa shape index (κ1) is 12.4. The first-order chi connectivity index (χ1) is 8.78. The van der Waals surface area contributed by atoms with Crippen LogP contribution in [0.15, 0.2) is 42.5 Å². The van der Waals surface area contributed by atoms with E-state index in [9.17, 15) is 4.39 Å². The molecule has 0 fully saturated rings. The van der Waals surface area contributed by atoms with Gasteiger partial charge >= 0.3 is 0 Å². The van der Waals surface area contributed by atoms with Gasteiger partial charge in [0.25, 0.3) is 0 Å². The summed E-state index contributed by atoms with van der Waals surface area (Å²) in [6.45, 7) is 2.94. The van der Waals surface area contributed by atoms with Crippen LogP contribution in [0, 0.1) is 5.82 Å². The molecule has 4 heteroatoms. The van der Waals surface area contributed by atoms with E-state index in [1.54, 1.807) is 18.2 Å². The van der Waals surface area contributed by atoms with Crippen molar-refractivity contribution >= 4 is 5.82 Å². The van der Waals surface area contributed by atoms with Gasteiger partial charge in [-0.1, -0.05) is 19.1 Å². The Morgan fingerprint density at radius 3 is 2.83 bits per heavy atom. The molecule has 2 rings (SSSR count). The summed E-state index contributed by atoms with van der Waals surface area (Å²) in [6.07, 6.45) is 1.02. The van der Waals surface area contributed by atoms with E-state index in [0.717, 1.165) is 18.8 Å². The van der Waals surface area contributed by atoms with Crippen molar-refractivity contribution in [3.05, 3.63) is 48.3 Å². The van der Waals surface area contributed by atoms with Gasteiger partial charge in [-0.2, -0.15) is 4.98 Å². The van der Waals surface area contributed by atoms with E-state index in [1.165, 1.54) is 12.1 Å². The quantitative estimate of drug-likeness (QED) is 0.870. The highest BCUT2D eigenvalue weighted by atomic mass is 19.1. The third-order valence-electron chi connectivity index (χ3n) is 2.30. The zero-order valence-electron chi connectivity index (χ0n) is 10.2. The minimum absolute atomic E-state index is 0.326. The molecule has 0 aliphatic carbocycles. The Bertz CT molecular complexity index is 517. The van der Waals surface area contributed by atoms with E-state index in [0.29, 0.717) is 11.6 Å². The van der Waals surface area contributed by atoms with Crippen LogP contribution in [0.1, 0.15) is 13.3 Å².